The molecule has 1 aromatic rings. The first kappa shape index (κ1) is 15.4. The van der Waals surface area contributed by atoms with Crippen LogP contribution < -0.4 is 5.73 Å². The molecule has 0 aliphatic rings. The fourth-order valence-corrected chi connectivity index (χ4v) is 2.54. The number of ketones is 1. The van der Waals surface area contributed by atoms with Gasteiger partial charge in [-0.1, -0.05) is 48.8 Å². The molecule has 0 fully saturated rings. The molecule has 0 bridgehead atoms. The van der Waals surface area contributed by atoms with E-state index in [1.54, 1.807) is 0 Å². The molecule has 0 radical (unpaired) electrons. The van der Waals surface area contributed by atoms with Crippen molar-refractivity contribution in [1.29, 1.82) is 0 Å². The minimum atomic E-state index is -0.0374. The number of hydrogen-bond acceptors (Lipinski definition) is 2. The lowest BCUT2D eigenvalue weighted by molar-refractivity contribution is -0.118. The van der Waals surface area contributed by atoms with E-state index in [0.29, 0.717) is 12.8 Å². The number of rotatable bonds is 5. The molecule has 0 heterocycles. The predicted octanol–water partition coefficient (Wildman–Crippen LogP) is 3.71. The Hall–Kier alpha value is -0.670. The van der Waals surface area contributed by atoms with Crippen LogP contribution in [0.25, 0.3) is 0 Å². The molecule has 2 nitrogen and oxygen atoms in total. The highest BCUT2D eigenvalue weighted by Gasteiger charge is 2.18. The molecule has 0 amide bonds. The summed E-state index contributed by atoms with van der Waals surface area (Å²) in [5.74, 6) is 0.213. The van der Waals surface area contributed by atoms with Crippen LogP contribution in [0.1, 0.15) is 39.2 Å². The second-order valence-corrected chi connectivity index (χ2v) is 6.99. The summed E-state index contributed by atoms with van der Waals surface area (Å²) in [6.45, 7) is 6.43. The summed E-state index contributed by atoms with van der Waals surface area (Å²) >= 11 is 3.41. The van der Waals surface area contributed by atoms with E-state index in [2.05, 4.69) is 36.7 Å². The van der Waals surface area contributed by atoms with Crippen LogP contribution >= 0.6 is 15.9 Å². The number of carbonyl (C=O) groups excluding carboxylic acids is 1. The number of nitrogens with two attached hydrogens (primary N) is 1. The third kappa shape index (κ3) is 6.31. The van der Waals surface area contributed by atoms with Crippen LogP contribution in [0, 0.1) is 5.41 Å². The molecule has 2 N–H and O–H groups in total. The molecule has 0 saturated carbocycles. The van der Waals surface area contributed by atoms with E-state index < -0.39 is 0 Å². The third-order valence-electron chi connectivity index (χ3n) is 2.65. The van der Waals surface area contributed by atoms with Crippen molar-refractivity contribution in [3.8, 4) is 0 Å². The van der Waals surface area contributed by atoms with Crippen LogP contribution in [0.4, 0.5) is 0 Å². The van der Waals surface area contributed by atoms with Crippen LogP contribution in [0.3, 0.4) is 0 Å². The molecule has 1 rings (SSSR count). The average molecular weight is 312 g/mol. The molecule has 1 unspecified atom stereocenters. The average Bonchev–Trinajstić information content (AvgIpc) is 2.13. The van der Waals surface area contributed by atoms with Crippen molar-refractivity contribution in [3.63, 3.8) is 0 Å². The highest BCUT2D eigenvalue weighted by Crippen LogP contribution is 2.21. The Labute approximate surface area is 118 Å². The second-order valence-electron chi connectivity index (χ2n) is 6.07. The third-order valence-corrected chi connectivity index (χ3v) is 3.15. The van der Waals surface area contributed by atoms with Crippen molar-refractivity contribution >= 4 is 21.7 Å². The van der Waals surface area contributed by atoms with Crippen molar-refractivity contribution in [2.24, 2.45) is 11.1 Å². The minimum Gasteiger partial charge on any atom is -0.327 e. The van der Waals surface area contributed by atoms with Gasteiger partial charge in [0.2, 0.25) is 0 Å². The Morgan fingerprint density at radius 3 is 2.61 bits per heavy atom. The summed E-state index contributed by atoms with van der Waals surface area (Å²) in [7, 11) is 0. The molecule has 1 aromatic carbocycles. The molecular weight excluding hydrogens is 290 g/mol. The first-order valence-electron chi connectivity index (χ1n) is 6.28. The van der Waals surface area contributed by atoms with Crippen molar-refractivity contribution < 1.29 is 4.79 Å². The first-order chi connectivity index (χ1) is 8.26. The number of Topliss-reactive ketones (excluding diaryl/α,β-unsaturated/α-hetero) is 1. The lowest BCUT2D eigenvalue weighted by atomic mass is 9.86. The number of benzene rings is 1. The lowest BCUT2D eigenvalue weighted by Crippen LogP contribution is -2.29. The van der Waals surface area contributed by atoms with Gasteiger partial charge >= 0.3 is 0 Å². The van der Waals surface area contributed by atoms with Crippen molar-refractivity contribution in [2.45, 2.75) is 46.1 Å². The van der Waals surface area contributed by atoms with E-state index >= 15 is 0 Å². The van der Waals surface area contributed by atoms with E-state index in [1.807, 2.05) is 24.3 Å². The quantitative estimate of drug-likeness (QED) is 0.900. The monoisotopic (exact) mass is 311 g/mol. The standard InChI is InChI=1S/C15H22BrNO/c1-15(2,3)10-13(17)9-14(18)8-11-5-4-6-12(16)7-11/h4-7,13H,8-10,17H2,1-3H3. The van der Waals surface area contributed by atoms with Gasteiger partial charge in [-0.05, 0) is 29.5 Å². The molecule has 0 aromatic heterocycles. The van der Waals surface area contributed by atoms with Crippen LogP contribution in [0.5, 0.6) is 0 Å². The predicted molar refractivity (Wildman–Crippen MR) is 79.5 cm³/mol. The first-order valence-corrected chi connectivity index (χ1v) is 7.07. The van der Waals surface area contributed by atoms with Gasteiger partial charge in [-0.3, -0.25) is 4.79 Å². The zero-order valence-corrected chi connectivity index (χ0v) is 13.0. The molecule has 0 aliphatic heterocycles. The van der Waals surface area contributed by atoms with Gasteiger partial charge < -0.3 is 5.73 Å². The molecule has 3 heteroatoms. The Kier molecular flexibility index (Phi) is 5.54. The van der Waals surface area contributed by atoms with E-state index in [1.165, 1.54) is 0 Å². The smallest absolute Gasteiger partial charge is 0.138 e. The topological polar surface area (TPSA) is 43.1 Å². The highest BCUT2D eigenvalue weighted by molar-refractivity contribution is 9.10. The van der Waals surface area contributed by atoms with Gasteiger partial charge in [-0.2, -0.15) is 0 Å². The van der Waals surface area contributed by atoms with Gasteiger partial charge in [0.05, 0.1) is 0 Å². The molecule has 0 aliphatic carbocycles. The van der Waals surface area contributed by atoms with E-state index in [-0.39, 0.29) is 17.2 Å². The summed E-state index contributed by atoms with van der Waals surface area (Å²) in [5, 5.41) is 0. The minimum absolute atomic E-state index is 0.0374. The summed E-state index contributed by atoms with van der Waals surface area (Å²) < 4.78 is 1.01. The summed E-state index contributed by atoms with van der Waals surface area (Å²) in [6.07, 6.45) is 1.80. The molecule has 0 saturated heterocycles. The van der Waals surface area contributed by atoms with Gasteiger partial charge in [0.25, 0.3) is 0 Å². The lowest BCUT2D eigenvalue weighted by Gasteiger charge is -2.22. The Bertz CT molecular complexity index is 409. The van der Waals surface area contributed by atoms with Gasteiger partial charge in [-0.15, -0.1) is 0 Å². The van der Waals surface area contributed by atoms with Gasteiger partial charge in [-0.25, -0.2) is 0 Å². The maximum atomic E-state index is 11.9. The van der Waals surface area contributed by atoms with Crippen molar-refractivity contribution in [1.82, 2.24) is 0 Å². The molecule has 1 atom stereocenters. The fraction of sp³-hybridized carbons (Fsp3) is 0.533. The largest absolute Gasteiger partial charge is 0.327 e. The van der Waals surface area contributed by atoms with Crippen LogP contribution in [-0.4, -0.2) is 11.8 Å². The maximum absolute atomic E-state index is 11.9. The SMILES string of the molecule is CC(C)(C)CC(N)CC(=O)Cc1cccc(Br)c1. The summed E-state index contributed by atoms with van der Waals surface area (Å²) in [4.78, 5) is 11.9. The van der Waals surface area contributed by atoms with E-state index in [0.717, 1.165) is 16.5 Å². The van der Waals surface area contributed by atoms with Gasteiger partial charge in [0.1, 0.15) is 5.78 Å². The molecule has 0 spiro atoms. The normalized spacial score (nSPS) is 13.4. The summed E-state index contributed by atoms with van der Waals surface area (Å²) in [5.41, 5.74) is 7.23. The van der Waals surface area contributed by atoms with Crippen LogP contribution in [-0.2, 0) is 11.2 Å². The maximum Gasteiger partial charge on any atom is 0.138 e. The highest BCUT2D eigenvalue weighted by atomic mass is 79.9. The molecule has 100 valence electrons. The van der Waals surface area contributed by atoms with Crippen LogP contribution in [0.2, 0.25) is 0 Å². The van der Waals surface area contributed by atoms with Gasteiger partial charge in [0.15, 0.2) is 0 Å². The number of halogens is 1. The van der Waals surface area contributed by atoms with E-state index in [4.69, 9.17) is 5.73 Å². The Morgan fingerprint density at radius 1 is 1.39 bits per heavy atom. The second kappa shape index (κ2) is 6.48. The van der Waals surface area contributed by atoms with Gasteiger partial charge in [0, 0.05) is 23.4 Å². The van der Waals surface area contributed by atoms with Crippen molar-refractivity contribution in [3.05, 3.63) is 34.3 Å². The van der Waals surface area contributed by atoms with E-state index in [9.17, 15) is 4.79 Å². The number of hydrogen-bond donors (Lipinski definition) is 1. The zero-order chi connectivity index (χ0) is 13.8. The van der Waals surface area contributed by atoms with Crippen molar-refractivity contribution in [2.75, 3.05) is 0 Å². The Balaban J connectivity index is 2.47. The molecule has 18 heavy (non-hydrogen) atoms. The fourth-order valence-electron chi connectivity index (χ4n) is 2.10. The Morgan fingerprint density at radius 2 is 2.06 bits per heavy atom. The van der Waals surface area contributed by atoms with Crippen LogP contribution in [0.15, 0.2) is 28.7 Å². The zero-order valence-electron chi connectivity index (χ0n) is 11.4. The molecular formula is C15H22BrNO. The number of carbonyl (C=O) groups is 1. The summed E-state index contributed by atoms with van der Waals surface area (Å²) in [6, 6.07) is 7.82.